The Morgan fingerprint density at radius 3 is 2.90 bits per heavy atom. The molecule has 1 aromatic heterocycles. The van der Waals surface area contributed by atoms with Crippen molar-refractivity contribution in [2.75, 3.05) is 39.3 Å². The summed E-state index contributed by atoms with van der Waals surface area (Å²) < 4.78 is 33.5. The average molecular weight is 450 g/mol. The van der Waals surface area contributed by atoms with Crippen molar-refractivity contribution in [1.29, 1.82) is 0 Å². The first-order chi connectivity index (χ1) is 14.5. The van der Waals surface area contributed by atoms with Gasteiger partial charge in [-0.3, -0.25) is 9.69 Å². The molecular formula is C21H27N3O4S2. The summed E-state index contributed by atoms with van der Waals surface area (Å²) in [6.07, 6.45) is 1.81. The van der Waals surface area contributed by atoms with Gasteiger partial charge in [-0.25, -0.2) is 13.1 Å². The Morgan fingerprint density at radius 1 is 1.20 bits per heavy atom. The Kier molecular flexibility index (Phi) is 6.72. The summed E-state index contributed by atoms with van der Waals surface area (Å²) in [5, 5.41) is 1.75. The molecule has 0 spiro atoms. The quantitative estimate of drug-likeness (QED) is 0.731. The zero-order chi connectivity index (χ0) is 21.0. The third kappa shape index (κ3) is 5.21. The highest BCUT2D eigenvalue weighted by atomic mass is 32.2. The van der Waals surface area contributed by atoms with Crippen LogP contribution in [-0.2, 0) is 21.4 Å². The smallest absolute Gasteiger partial charge is 0.250 e. The van der Waals surface area contributed by atoms with Crippen LogP contribution in [0.1, 0.15) is 18.4 Å². The molecule has 2 aromatic rings. The fourth-order valence-corrected chi connectivity index (χ4v) is 6.13. The molecule has 9 heteroatoms. The SMILES string of the molecule is O=C(CN1CCOc2ccccc2C1)N1CCC[C@H](CNS(=O)(=O)c2cccs2)C1. The van der Waals surface area contributed by atoms with Crippen LogP contribution in [0.2, 0.25) is 0 Å². The number of thiophene rings is 1. The van der Waals surface area contributed by atoms with Crippen LogP contribution >= 0.6 is 11.3 Å². The van der Waals surface area contributed by atoms with Gasteiger partial charge in [-0.15, -0.1) is 11.3 Å². The van der Waals surface area contributed by atoms with Gasteiger partial charge in [-0.1, -0.05) is 24.3 Å². The Balaban J connectivity index is 1.30. The van der Waals surface area contributed by atoms with E-state index in [1.54, 1.807) is 17.5 Å². The first-order valence-electron chi connectivity index (χ1n) is 10.3. The highest BCUT2D eigenvalue weighted by Crippen LogP contribution is 2.23. The lowest BCUT2D eigenvalue weighted by molar-refractivity contribution is -0.134. The van der Waals surface area contributed by atoms with Crippen molar-refractivity contribution < 1.29 is 17.9 Å². The van der Waals surface area contributed by atoms with Gasteiger partial charge in [0.25, 0.3) is 0 Å². The summed E-state index contributed by atoms with van der Waals surface area (Å²) in [6.45, 7) is 4.00. The molecule has 1 atom stereocenters. The first-order valence-corrected chi connectivity index (χ1v) is 12.6. The topological polar surface area (TPSA) is 79.0 Å². The van der Waals surface area contributed by atoms with Crippen molar-refractivity contribution >= 4 is 27.3 Å². The van der Waals surface area contributed by atoms with Crippen molar-refractivity contribution in [2.45, 2.75) is 23.6 Å². The van der Waals surface area contributed by atoms with Crippen molar-refractivity contribution in [3.8, 4) is 5.75 Å². The van der Waals surface area contributed by atoms with Crippen molar-refractivity contribution in [3.63, 3.8) is 0 Å². The van der Waals surface area contributed by atoms with Crippen LogP contribution in [-0.4, -0.2) is 63.5 Å². The fraction of sp³-hybridized carbons (Fsp3) is 0.476. The maximum absolute atomic E-state index is 12.9. The number of nitrogens with one attached hydrogen (secondary N) is 1. The third-order valence-corrected chi connectivity index (χ3v) is 8.41. The Labute approximate surface area is 181 Å². The molecule has 0 bridgehead atoms. The molecule has 30 heavy (non-hydrogen) atoms. The summed E-state index contributed by atoms with van der Waals surface area (Å²) in [5.41, 5.74) is 1.10. The molecule has 0 aliphatic carbocycles. The van der Waals surface area contributed by atoms with Crippen LogP contribution in [0, 0.1) is 5.92 Å². The van der Waals surface area contributed by atoms with E-state index in [1.165, 1.54) is 11.3 Å². The van der Waals surface area contributed by atoms with Gasteiger partial charge in [0, 0.05) is 38.3 Å². The van der Waals surface area contributed by atoms with Crippen LogP contribution in [0.5, 0.6) is 5.75 Å². The van der Waals surface area contributed by atoms with E-state index < -0.39 is 10.0 Å². The second-order valence-corrected chi connectivity index (χ2v) is 10.7. The summed E-state index contributed by atoms with van der Waals surface area (Å²) in [4.78, 5) is 16.9. The highest BCUT2D eigenvalue weighted by Gasteiger charge is 2.27. The lowest BCUT2D eigenvalue weighted by atomic mass is 9.98. The number of amides is 1. The number of piperidine rings is 1. The van der Waals surface area contributed by atoms with E-state index in [0.29, 0.717) is 43.5 Å². The van der Waals surface area contributed by atoms with Crippen LogP contribution in [0.15, 0.2) is 46.0 Å². The van der Waals surface area contributed by atoms with Crippen molar-refractivity contribution in [1.82, 2.24) is 14.5 Å². The van der Waals surface area contributed by atoms with E-state index in [1.807, 2.05) is 29.2 Å². The fourth-order valence-electron chi connectivity index (χ4n) is 3.98. The largest absolute Gasteiger partial charge is 0.492 e. The Hall–Kier alpha value is -1.94. The van der Waals surface area contributed by atoms with E-state index in [4.69, 9.17) is 4.74 Å². The van der Waals surface area contributed by atoms with Gasteiger partial charge in [0.2, 0.25) is 15.9 Å². The molecule has 1 saturated heterocycles. The first kappa shape index (κ1) is 21.3. The van der Waals surface area contributed by atoms with Crippen LogP contribution in [0.3, 0.4) is 0 Å². The Bertz CT molecular complexity index is 962. The number of ether oxygens (including phenoxy) is 1. The molecule has 0 radical (unpaired) electrons. The number of nitrogens with zero attached hydrogens (tertiary/aromatic N) is 2. The normalized spacial score (nSPS) is 20.3. The lowest BCUT2D eigenvalue weighted by Crippen LogP contribution is -2.47. The second-order valence-electron chi connectivity index (χ2n) is 7.80. The van der Waals surface area contributed by atoms with Gasteiger partial charge in [0.05, 0.1) is 6.54 Å². The summed E-state index contributed by atoms with van der Waals surface area (Å²) in [7, 11) is -3.47. The van der Waals surface area contributed by atoms with Crippen LogP contribution < -0.4 is 9.46 Å². The molecule has 1 aromatic carbocycles. The van der Waals surface area contributed by atoms with Gasteiger partial charge in [-0.2, -0.15) is 0 Å². The predicted octanol–water partition coefficient (Wildman–Crippen LogP) is 2.16. The number of carbonyl (C=O) groups excluding carboxylic acids is 1. The van der Waals surface area contributed by atoms with E-state index in [-0.39, 0.29) is 11.8 Å². The summed E-state index contributed by atoms with van der Waals surface area (Å²) >= 11 is 1.21. The lowest BCUT2D eigenvalue weighted by Gasteiger charge is -2.34. The average Bonchev–Trinajstić information content (AvgIpc) is 3.22. The number of benzene rings is 1. The number of likely N-dealkylation sites (tertiary alicyclic amines) is 1. The monoisotopic (exact) mass is 449 g/mol. The van der Waals surface area contributed by atoms with Gasteiger partial charge >= 0.3 is 0 Å². The number of para-hydroxylation sites is 1. The number of rotatable bonds is 6. The molecular weight excluding hydrogens is 422 g/mol. The summed E-state index contributed by atoms with van der Waals surface area (Å²) in [5.74, 6) is 1.12. The van der Waals surface area contributed by atoms with Gasteiger partial charge in [0.1, 0.15) is 16.6 Å². The number of hydrogen-bond acceptors (Lipinski definition) is 6. The second kappa shape index (κ2) is 9.47. The van der Waals surface area contributed by atoms with E-state index in [2.05, 4.69) is 9.62 Å². The van der Waals surface area contributed by atoms with Crippen molar-refractivity contribution in [2.24, 2.45) is 5.92 Å². The maximum Gasteiger partial charge on any atom is 0.250 e. The third-order valence-electron chi connectivity index (χ3n) is 5.58. The molecule has 0 saturated carbocycles. The van der Waals surface area contributed by atoms with E-state index >= 15 is 0 Å². The molecule has 7 nitrogen and oxygen atoms in total. The minimum Gasteiger partial charge on any atom is -0.492 e. The number of sulfonamides is 1. The molecule has 2 aliphatic heterocycles. The standard InChI is InChI=1S/C21H27N3O4S2/c25-20(16-23-10-11-28-19-7-2-1-6-18(19)15-23)24-9-3-5-17(14-24)13-22-30(26,27)21-8-4-12-29-21/h1-2,4,6-8,12,17,22H,3,5,9-11,13-16H2/t17-/m1/s1. The van der Waals surface area contributed by atoms with Crippen molar-refractivity contribution in [3.05, 3.63) is 47.3 Å². The zero-order valence-electron chi connectivity index (χ0n) is 16.8. The molecule has 1 amide bonds. The maximum atomic E-state index is 12.9. The van der Waals surface area contributed by atoms with Crippen LogP contribution in [0.4, 0.5) is 0 Å². The molecule has 3 heterocycles. The van der Waals surface area contributed by atoms with Gasteiger partial charge < -0.3 is 9.64 Å². The number of hydrogen-bond donors (Lipinski definition) is 1. The minimum atomic E-state index is -3.47. The molecule has 1 fully saturated rings. The number of carbonyl (C=O) groups is 1. The van der Waals surface area contributed by atoms with Crippen LogP contribution in [0.25, 0.3) is 0 Å². The molecule has 4 rings (SSSR count). The molecule has 162 valence electrons. The van der Waals surface area contributed by atoms with E-state index in [0.717, 1.165) is 30.7 Å². The van der Waals surface area contributed by atoms with Gasteiger partial charge in [0.15, 0.2) is 0 Å². The van der Waals surface area contributed by atoms with Gasteiger partial charge in [-0.05, 0) is 36.3 Å². The molecule has 0 unspecified atom stereocenters. The number of fused-ring (bicyclic) bond motifs is 1. The Morgan fingerprint density at radius 2 is 2.07 bits per heavy atom. The zero-order valence-corrected chi connectivity index (χ0v) is 18.5. The molecule has 1 N–H and O–H groups in total. The molecule has 2 aliphatic rings. The minimum absolute atomic E-state index is 0.0974. The highest BCUT2D eigenvalue weighted by molar-refractivity contribution is 7.91. The van der Waals surface area contributed by atoms with E-state index in [9.17, 15) is 13.2 Å². The summed E-state index contributed by atoms with van der Waals surface area (Å²) in [6, 6.07) is 11.3. The predicted molar refractivity (Wildman–Crippen MR) is 116 cm³/mol.